The van der Waals surface area contributed by atoms with E-state index in [0.29, 0.717) is 11.1 Å². The lowest BCUT2D eigenvalue weighted by Gasteiger charge is -2.29. The number of carbonyl (C=O) groups is 1. The molecule has 1 aliphatic carbocycles. The monoisotopic (exact) mass is 270 g/mol. The van der Waals surface area contributed by atoms with Gasteiger partial charge in [0.05, 0.1) is 11.1 Å². The summed E-state index contributed by atoms with van der Waals surface area (Å²) in [6.45, 7) is 0. The Morgan fingerprint density at radius 1 is 1.20 bits per heavy atom. The predicted octanol–water partition coefficient (Wildman–Crippen LogP) is 1.63. The maximum absolute atomic E-state index is 12.4. The van der Waals surface area contributed by atoms with Crippen molar-refractivity contribution in [1.82, 2.24) is 15.3 Å². The first-order valence-electron chi connectivity index (χ1n) is 7.02. The maximum atomic E-state index is 12.4. The van der Waals surface area contributed by atoms with Gasteiger partial charge in [-0.1, -0.05) is 18.9 Å². The standard InChI is InChI=1S/C15H18N4O/c16-11-5-1-2-6-12(11)19-15(20)10-4-3-7-13-14(10)18-9-8-17-13/h3-4,7-9,11-12H,1-2,5-6,16H2,(H,19,20)/t11-,12-/m1/s1. The average Bonchev–Trinajstić information content (AvgIpc) is 2.49. The molecule has 5 heteroatoms. The highest BCUT2D eigenvalue weighted by atomic mass is 16.1. The number of rotatable bonds is 2. The van der Waals surface area contributed by atoms with Crippen molar-refractivity contribution in [2.24, 2.45) is 5.73 Å². The van der Waals surface area contributed by atoms with Crippen LogP contribution < -0.4 is 11.1 Å². The molecule has 5 nitrogen and oxygen atoms in total. The van der Waals surface area contributed by atoms with Crippen molar-refractivity contribution in [2.75, 3.05) is 0 Å². The third-order valence-corrected chi connectivity index (χ3v) is 3.88. The lowest BCUT2D eigenvalue weighted by molar-refractivity contribution is 0.0923. The number of nitrogens with one attached hydrogen (secondary N) is 1. The van der Waals surface area contributed by atoms with E-state index < -0.39 is 0 Å². The quantitative estimate of drug-likeness (QED) is 0.869. The van der Waals surface area contributed by atoms with E-state index in [1.807, 2.05) is 12.1 Å². The van der Waals surface area contributed by atoms with Gasteiger partial charge in [-0.2, -0.15) is 0 Å². The summed E-state index contributed by atoms with van der Waals surface area (Å²) in [6, 6.07) is 5.57. The van der Waals surface area contributed by atoms with Crippen molar-refractivity contribution in [3.63, 3.8) is 0 Å². The van der Waals surface area contributed by atoms with Gasteiger partial charge in [0, 0.05) is 24.5 Å². The fourth-order valence-corrected chi connectivity index (χ4v) is 2.76. The van der Waals surface area contributed by atoms with Crippen LogP contribution in [0.25, 0.3) is 11.0 Å². The van der Waals surface area contributed by atoms with Gasteiger partial charge in [0.1, 0.15) is 5.52 Å². The summed E-state index contributed by atoms with van der Waals surface area (Å²) in [5.74, 6) is -0.113. The third-order valence-electron chi connectivity index (χ3n) is 3.88. The number of fused-ring (bicyclic) bond motifs is 1. The van der Waals surface area contributed by atoms with Gasteiger partial charge < -0.3 is 11.1 Å². The highest BCUT2D eigenvalue weighted by Crippen LogP contribution is 2.19. The van der Waals surface area contributed by atoms with Crippen molar-refractivity contribution in [3.8, 4) is 0 Å². The van der Waals surface area contributed by atoms with Crippen LogP contribution in [0.2, 0.25) is 0 Å². The summed E-state index contributed by atoms with van der Waals surface area (Å²) in [4.78, 5) is 20.9. The number of amides is 1. The summed E-state index contributed by atoms with van der Waals surface area (Å²) in [5.41, 5.74) is 8.00. The molecule has 1 aromatic heterocycles. The maximum Gasteiger partial charge on any atom is 0.253 e. The van der Waals surface area contributed by atoms with Gasteiger partial charge in [0.15, 0.2) is 0 Å². The number of para-hydroxylation sites is 1. The fourth-order valence-electron chi connectivity index (χ4n) is 2.76. The predicted molar refractivity (Wildman–Crippen MR) is 77.2 cm³/mol. The van der Waals surface area contributed by atoms with Crippen molar-refractivity contribution >= 4 is 16.9 Å². The van der Waals surface area contributed by atoms with Crippen LogP contribution in [0, 0.1) is 0 Å². The Hall–Kier alpha value is -2.01. The van der Waals surface area contributed by atoms with Gasteiger partial charge in [-0.15, -0.1) is 0 Å². The third kappa shape index (κ3) is 2.49. The van der Waals surface area contributed by atoms with Crippen molar-refractivity contribution in [3.05, 3.63) is 36.2 Å². The zero-order valence-electron chi connectivity index (χ0n) is 11.2. The van der Waals surface area contributed by atoms with Crippen LogP contribution >= 0.6 is 0 Å². The largest absolute Gasteiger partial charge is 0.348 e. The molecule has 0 saturated heterocycles. The first kappa shape index (κ1) is 13.0. The number of hydrogen-bond acceptors (Lipinski definition) is 4. The van der Waals surface area contributed by atoms with Crippen LogP contribution in [-0.2, 0) is 0 Å². The summed E-state index contributed by atoms with van der Waals surface area (Å²) >= 11 is 0. The summed E-state index contributed by atoms with van der Waals surface area (Å²) < 4.78 is 0. The molecule has 3 rings (SSSR count). The van der Waals surface area contributed by atoms with Crippen LogP contribution in [0.3, 0.4) is 0 Å². The van der Waals surface area contributed by atoms with Crippen LogP contribution in [-0.4, -0.2) is 28.0 Å². The summed E-state index contributed by atoms with van der Waals surface area (Å²) in [6.07, 6.45) is 7.41. The second kappa shape index (κ2) is 5.54. The van der Waals surface area contributed by atoms with E-state index in [2.05, 4.69) is 15.3 Å². The smallest absolute Gasteiger partial charge is 0.253 e. The Balaban J connectivity index is 1.85. The molecule has 1 amide bonds. The molecule has 0 spiro atoms. The second-order valence-electron chi connectivity index (χ2n) is 5.26. The van der Waals surface area contributed by atoms with Crippen LogP contribution in [0.1, 0.15) is 36.0 Å². The highest BCUT2D eigenvalue weighted by Gasteiger charge is 2.24. The number of nitrogens with zero attached hydrogens (tertiary/aromatic N) is 2. The Bertz CT molecular complexity index is 623. The average molecular weight is 270 g/mol. The molecule has 1 saturated carbocycles. The van der Waals surface area contributed by atoms with E-state index >= 15 is 0 Å². The second-order valence-corrected chi connectivity index (χ2v) is 5.26. The number of carbonyl (C=O) groups excluding carboxylic acids is 1. The van der Waals surface area contributed by atoms with Crippen LogP contribution in [0.4, 0.5) is 0 Å². The van der Waals surface area contributed by atoms with Gasteiger partial charge >= 0.3 is 0 Å². The molecule has 3 N–H and O–H groups in total. The van der Waals surface area contributed by atoms with Crippen molar-refractivity contribution in [1.29, 1.82) is 0 Å². The molecule has 1 aliphatic rings. The van der Waals surface area contributed by atoms with Gasteiger partial charge in [-0.3, -0.25) is 14.8 Å². The zero-order valence-corrected chi connectivity index (χ0v) is 11.2. The van der Waals surface area contributed by atoms with Gasteiger partial charge in [0.2, 0.25) is 0 Å². The van der Waals surface area contributed by atoms with Gasteiger partial charge in [-0.25, -0.2) is 0 Å². The number of nitrogens with two attached hydrogens (primary N) is 1. The lowest BCUT2D eigenvalue weighted by atomic mass is 9.91. The molecule has 2 aromatic rings. The van der Waals surface area contributed by atoms with Crippen molar-refractivity contribution < 1.29 is 4.79 Å². The lowest BCUT2D eigenvalue weighted by Crippen LogP contribution is -2.49. The van der Waals surface area contributed by atoms with E-state index in [0.717, 1.165) is 31.2 Å². The molecule has 0 unspecified atom stereocenters. The minimum absolute atomic E-state index is 0.0498. The molecule has 1 fully saturated rings. The van der Waals surface area contributed by atoms with E-state index in [1.165, 1.54) is 0 Å². The van der Waals surface area contributed by atoms with E-state index in [9.17, 15) is 4.79 Å². The molecule has 0 radical (unpaired) electrons. The Morgan fingerprint density at radius 2 is 2.00 bits per heavy atom. The van der Waals surface area contributed by atoms with E-state index in [-0.39, 0.29) is 18.0 Å². The molecular weight excluding hydrogens is 252 g/mol. The molecule has 0 aliphatic heterocycles. The first-order chi connectivity index (χ1) is 9.75. The van der Waals surface area contributed by atoms with Gasteiger partial charge in [0.25, 0.3) is 5.91 Å². The molecule has 104 valence electrons. The molecule has 0 bridgehead atoms. The van der Waals surface area contributed by atoms with E-state index in [1.54, 1.807) is 18.5 Å². The highest BCUT2D eigenvalue weighted by molar-refractivity contribution is 6.04. The fraction of sp³-hybridized carbons (Fsp3) is 0.400. The number of benzene rings is 1. The Kier molecular flexibility index (Phi) is 3.60. The zero-order chi connectivity index (χ0) is 13.9. The van der Waals surface area contributed by atoms with Crippen LogP contribution in [0.15, 0.2) is 30.6 Å². The summed E-state index contributed by atoms with van der Waals surface area (Å²) in [5, 5.41) is 3.05. The first-order valence-corrected chi connectivity index (χ1v) is 7.02. The molecule has 1 heterocycles. The van der Waals surface area contributed by atoms with Gasteiger partial charge in [-0.05, 0) is 25.0 Å². The van der Waals surface area contributed by atoms with Crippen molar-refractivity contribution in [2.45, 2.75) is 37.8 Å². The molecule has 1 aromatic carbocycles. The normalized spacial score (nSPS) is 22.6. The Labute approximate surface area is 117 Å². The Morgan fingerprint density at radius 3 is 2.85 bits per heavy atom. The molecule has 2 atom stereocenters. The van der Waals surface area contributed by atoms with E-state index in [4.69, 9.17) is 5.73 Å². The minimum Gasteiger partial charge on any atom is -0.348 e. The number of aromatic nitrogens is 2. The SMILES string of the molecule is N[C@@H]1CCCC[C@H]1NC(=O)c1cccc2nccnc12. The minimum atomic E-state index is -0.113. The number of hydrogen-bond donors (Lipinski definition) is 2. The molecular formula is C15H18N4O. The van der Waals surface area contributed by atoms with Crippen LogP contribution in [0.5, 0.6) is 0 Å². The summed E-state index contributed by atoms with van der Waals surface area (Å²) in [7, 11) is 0. The topological polar surface area (TPSA) is 80.9 Å². The molecule has 20 heavy (non-hydrogen) atoms.